The van der Waals surface area contributed by atoms with Crippen LogP contribution in [0.1, 0.15) is 13.8 Å². The molecule has 0 aliphatic heterocycles. The molecule has 19 heavy (non-hydrogen) atoms. The van der Waals surface area contributed by atoms with Gasteiger partial charge in [-0.3, -0.25) is 0 Å². The van der Waals surface area contributed by atoms with Gasteiger partial charge in [-0.25, -0.2) is 9.50 Å². The van der Waals surface area contributed by atoms with Crippen LogP contribution >= 0.6 is 0 Å². The fraction of sp³-hybridized carbons (Fsp3) is 0.125. The monoisotopic (exact) mass is 249 g/mol. The molecule has 0 N–H and O–H groups in total. The second-order valence-electron chi connectivity index (χ2n) is 4.07. The predicted molar refractivity (Wildman–Crippen MR) is 79.3 cm³/mol. The van der Waals surface area contributed by atoms with Gasteiger partial charge in [0.15, 0.2) is 5.65 Å². The van der Waals surface area contributed by atoms with Crippen LogP contribution in [0, 0.1) is 0 Å². The summed E-state index contributed by atoms with van der Waals surface area (Å²) >= 11 is 0. The molecule has 2 aromatic heterocycles. The molecule has 0 aliphatic carbocycles. The van der Waals surface area contributed by atoms with Crippen LogP contribution in [0.15, 0.2) is 54.7 Å². The van der Waals surface area contributed by atoms with Gasteiger partial charge in [-0.2, -0.15) is 5.10 Å². The van der Waals surface area contributed by atoms with Gasteiger partial charge >= 0.3 is 0 Å². The molecule has 0 spiro atoms. The van der Waals surface area contributed by atoms with Crippen molar-refractivity contribution in [2.45, 2.75) is 13.8 Å². The summed E-state index contributed by atoms with van der Waals surface area (Å²) in [6.45, 7) is 4.00. The Hall–Kier alpha value is -2.42. The lowest BCUT2D eigenvalue weighted by Gasteiger charge is -1.98. The molecule has 3 nitrogen and oxygen atoms in total. The van der Waals surface area contributed by atoms with Crippen LogP contribution in [0.5, 0.6) is 0 Å². The Kier molecular flexibility index (Phi) is 2.88. The van der Waals surface area contributed by atoms with Gasteiger partial charge in [0.2, 0.25) is 0 Å². The van der Waals surface area contributed by atoms with Crippen LogP contribution in [0.2, 0.25) is 0 Å². The number of benzene rings is 2. The maximum atomic E-state index is 4.64. The van der Waals surface area contributed by atoms with Gasteiger partial charge in [0, 0.05) is 10.8 Å². The summed E-state index contributed by atoms with van der Waals surface area (Å²) in [6.07, 6.45) is 1.89. The molecular formula is C16H15N3. The van der Waals surface area contributed by atoms with Gasteiger partial charge in [-0.1, -0.05) is 50.2 Å². The number of rotatable bonds is 0. The fourth-order valence-electron chi connectivity index (χ4n) is 2.24. The number of aromatic nitrogens is 3. The summed E-state index contributed by atoms with van der Waals surface area (Å²) in [7, 11) is 0. The average molecular weight is 249 g/mol. The first kappa shape index (κ1) is 11.7. The molecule has 0 aliphatic rings. The third kappa shape index (κ3) is 1.74. The third-order valence-electron chi connectivity index (χ3n) is 3.05. The lowest BCUT2D eigenvalue weighted by Crippen LogP contribution is -1.91. The number of hydrogen-bond donors (Lipinski definition) is 0. The van der Waals surface area contributed by atoms with E-state index in [1.165, 1.54) is 0 Å². The van der Waals surface area contributed by atoms with Crippen molar-refractivity contribution in [3.8, 4) is 0 Å². The van der Waals surface area contributed by atoms with Gasteiger partial charge < -0.3 is 0 Å². The van der Waals surface area contributed by atoms with Crippen molar-refractivity contribution in [2.75, 3.05) is 0 Å². The third-order valence-corrected chi connectivity index (χ3v) is 3.05. The van der Waals surface area contributed by atoms with Crippen LogP contribution in [-0.4, -0.2) is 14.6 Å². The van der Waals surface area contributed by atoms with Gasteiger partial charge in [-0.15, -0.1) is 0 Å². The second kappa shape index (κ2) is 4.69. The molecule has 2 aromatic carbocycles. The van der Waals surface area contributed by atoms with Crippen LogP contribution < -0.4 is 0 Å². The van der Waals surface area contributed by atoms with E-state index in [9.17, 15) is 0 Å². The number of nitrogens with zero attached hydrogens (tertiary/aromatic N) is 3. The number of fused-ring (bicyclic) bond motifs is 5. The van der Waals surface area contributed by atoms with Gasteiger partial charge in [0.05, 0.1) is 17.2 Å². The van der Waals surface area contributed by atoms with E-state index in [0.717, 1.165) is 27.5 Å². The van der Waals surface area contributed by atoms with Crippen molar-refractivity contribution in [2.24, 2.45) is 0 Å². The maximum absolute atomic E-state index is 4.64. The summed E-state index contributed by atoms with van der Waals surface area (Å²) < 4.78 is 1.90. The van der Waals surface area contributed by atoms with Crippen molar-refractivity contribution in [1.82, 2.24) is 14.6 Å². The Balaban J connectivity index is 0.000000528. The molecule has 0 unspecified atom stereocenters. The minimum absolute atomic E-state index is 0.921. The molecule has 0 atom stereocenters. The lowest BCUT2D eigenvalue weighted by atomic mass is 10.2. The standard InChI is InChI=1S/C14H9N3.C2H6/c1-2-6-11-10(5-1)9-15-17-13-8-4-3-7-12(13)16-14(11)17;1-2/h1-9H;1-2H3. The second-order valence-corrected chi connectivity index (χ2v) is 4.07. The molecule has 0 amide bonds. The van der Waals surface area contributed by atoms with E-state index >= 15 is 0 Å². The fourth-order valence-corrected chi connectivity index (χ4v) is 2.24. The smallest absolute Gasteiger partial charge is 0.162 e. The zero-order chi connectivity index (χ0) is 13.2. The zero-order valence-corrected chi connectivity index (χ0v) is 11.0. The summed E-state index contributed by atoms with van der Waals surface area (Å²) in [5, 5.41) is 6.71. The van der Waals surface area contributed by atoms with E-state index in [1.54, 1.807) is 0 Å². The Bertz CT molecular complexity index is 846. The first-order valence-corrected chi connectivity index (χ1v) is 6.55. The van der Waals surface area contributed by atoms with E-state index in [0.29, 0.717) is 0 Å². The first-order valence-electron chi connectivity index (χ1n) is 6.55. The van der Waals surface area contributed by atoms with E-state index in [1.807, 2.05) is 61.0 Å². The van der Waals surface area contributed by atoms with E-state index in [-0.39, 0.29) is 0 Å². The highest BCUT2D eigenvalue weighted by molar-refractivity contribution is 5.97. The predicted octanol–water partition coefficient (Wildman–Crippen LogP) is 4.06. The largest absolute Gasteiger partial charge is 0.226 e. The van der Waals surface area contributed by atoms with Gasteiger partial charge in [0.1, 0.15) is 0 Å². The van der Waals surface area contributed by atoms with Crippen molar-refractivity contribution in [3.63, 3.8) is 0 Å². The Labute approximate surface area is 111 Å². The highest BCUT2D eigenvalue weighted by atomic mass is 15.2. The van der Waals surface area contributed by atoms with Crippen LogP contribution in [0.3, 0.4) is 0 Å². The molecule has 0 fully saturated rings. The normalized spacial score (nSPS) is 10.6. The summed E-state index contributed by atoms with van der Waals surface area (Å²) in [5.41, 5.74) is 2.95. The highest BCUT2D eigenvalue weighted by Gasteiger charge is 2.07. The molecule has 0 radical (unpaired) electrons. The topological polar surface area (TPSA) is 30.2 Å². The maximum Gasteiger partial charge on any atom is 0.162 e. The Morgan fingerprint density at radius 2 is 1.63 bits per heavy atom. The lowest BCUT2D eigenvalue weighted by molar-refractivity contribution is 0.979. The minimum Gasteiger partial charge on any atom is -0.226 e. The quantitative estimate of drug-likeness (QED) is 0.470. The van der Waals surface area contributed by atoms with E-state index < -0.39 is 0 Å². The molecule has 4 aromatic rings. The number of imidazole rings is 1. The molecular weight excluding hydrogens is 234 g/mol. The zero-order valence-electron chi connectivity index (χ0n) is 11.0. The van der Waals surface area contributed by atoms with Gasteiger partial charge in [0.25, 0.3) is 0 Å². The molecule has 4 rings (SSSR count). The Morgan fingerprint density at radius 3 is 2.53 bits per heavy atom. The Morgan fingerprint density at radius 1 is 0.895 bits per heavy atom. The number of para-hydroxylation sites is 2. The summed E-state index contributed by atoms with van der Waals surface area (Å²) in [6, 6.07) is 16.2. The van der Waals surface area contributed by atoms with Crippen molar-refractivity contribution >= 4 is 27.5 Å². The average Bonchev–Trinajstić information content (AvgIpc) is 2.88. The molecule has 0 bridgehead atoms. The molecule has 3 heteroatoms. The van der Waals surface area contributed by atoms with Crippen LogP contribution in [-0.2, 0) is 0 Å². The van der Waals surface area contributed by atoms with E-state index in [4.69, 9.17) is 0 Å². The number of hydrogen-bond acceptors (Lipinski definition) is 2. The van der Waals surface area contributed by atoms with Crippen LogP contribution in [0.25, 0.3) is 27.5 Å². The van der Waals surface area contributed by atoms with Crippen LogP contribution in [0.4, 0.5) is 0 Å². The highest BCUT2D eigenvalue weighted by Crippen LogP contribution is 2.21. The molecule has 0 saturated carbocycles. The molecule has 0 saturated heterocycles. The van der Waals surface area contributed by atoms with Crippen molar-refractivity contribution in [1.29, 1.82) is 0 Å². The minimum atomic E-state index is 0.921. The van der Waals surface area contributed by atoms with Gasteiger partial charge in [-0.05, 0) is 12.1 Å². The SMILES string of the molecule is CC.c1ccc2c(c1)cnn1c3ccccc3nc21. The summed E-state index contributed by atoms with van der Waals surface area (Å²) in [5.74, 6) is 0. The molecule has 94 valence electrons. The molecule has 2 heterocycles. The van der Waals surface area contributed by atoms with Crippen molar-refractivity contribution < 1.29 is 0 Å². The summed E-state index contributed by atoms with van der Waals surface area (Å²) in [4.78, 5) is 4.64. The van der Waals surface area contributed by atoms with E-state index in [2.05, 4.69) is 22.2 Å². The van der Waals surface area contributed by atoms with Crippen molar-refractivity contribution in [3.05, 3.63) is 54.7 Å². The first-order chi connectivity index (χ1) is 9.43.